The predicted octanol–water partition coefficient (Wildman–Crippen LogP) is 5.65. The molecule has 0 amide bonds. The number of anilines is 1. The third-order valence-corrected chi connectivity index (χ3v) is 3.95. The Morgan fingerprint density at radius 2 is 1.35 bits per heavy atom. The van der Waals surface area contributed by atoms with E-state index in [0.29, 0.717) is 0 Å². The van der Waals surface area contributed by atoms with E-state index in [1.165, 1.54) is 0 Å². The van der Waals surface area contributed by atoms with E-state index in [4.69, 9.17) is 0 Å². The van der Waals surface area contributed by atoms with Crippen LogP contribution in [-0.4, -0.2) is 0 Å². The monoisotopic (exact) mass is 361 g/mol. The predicted molar refractivity (Wildman–Crippen MR) is 100 cm³/mol. The van der Waals surface area contributed by atoms with Crippen LogP contribution in [0.4, 0.5) is 5.69 Å². The highest BCUT2D eigenvalue weighted by atomic mass is 79.9. The molecule has 3 rings (SSSR count). The number of benzene rings is 3. The van der Waals surface area contributed by atoms with Crippen LogP contribution in [0, 0.1) is 11.8 Å². The summed E-state index contributed by atoms with van der Waals surface area (Å²) in [5, 5.41) is 3.50. The van der Waals surface area contributed by atoms with Gasteiger partial charge >= 0.3 is 0 Å². The summed E-state index contributed by atoms with van der Waals surface area (Å²) in [6, 6.07) is 28.4. The largest absolute Gasteiger partial charge is 0.368 e. The lowest BCUT2D eigenvalue weighted by Crippen LogP contribution is -2.08. The van der Waals surface area contributed by atoms with E-state index in [0.717, 1.165) is 21.3 Å². The molecule has 3 aromatic carbocycles. The lowest BCUT2D eigenvalue weighted by atomic mass is 10.1. The Kier molecular flexibility index (Phi) is 5.13. The van der Waals surface area contributed by atoms with Gasteiger partial charge in [0.1, 0.15) is 6.04 Å². The highest BCUT2D eigenvalue weighted by Crippen LogP contribution is 2.21. The number of hydrogen-bond acceptors (Lipinski definition) is 1. The first-order valence-corrected chi connectivity index (χ1v) is 8.24. The SMILES string of the molecule is Brc1ccc([C@@H](C#Cc2ccccc2)Nc2ccccc2)cc1. The Morgan fingerprint density at radius 3 is 2.00 bits per heavy atom. The van der Waals surface area contributed by atoms with Crippen LogP contribution in [0.15, 0.2) is 89.4 Å². The summed E-state index contributed by atoms with van der Waals surface area (Å²) in [6.45, 7) is 0. The Hall–Kier alpha value is -2.50. The molecular weight excluding hydrogens is 346 g/mol. The third kappa shape index (κ3) is 4.48. The zero-order valence-corrected chi connectivity index (χ0v) is 14.1. The van der Waals surface area contributed by atoms with Gasteiger partial charge < -0.3 is 5.32 Å². The Balaban J connectivity index is 1.90. The molecule has 0 aliphatic heterocycles. The summed E-state index contributed by atoms with van der Waals surface area (Å²) in [7, 11) is 0. The van der Waals surface area contributed by atoms with E-state index in [1.807, 2.05) is 60.7 Å². The van der Waals surface area contributed by atoms with Gasteiger partial charge in [0.05, 0.1) is 0 Å². The van der Waals surface area contributed by atoms with Crippen LogP contribution in [0.3, 0.4) is 0 Å². The Morgan fingerprint density at radius 1 is 0.739 bits per heavy atom. The van der Waals surface area contributed by atoms with Gasteiger partial charge in [-0.15, -0.1) is 0 Å². The van der Waals surface area contributed by atoms with Crippen molar-refractivity contribution in [2.45, 2.75) is 6.04 Å². The molecule has 0 radical (unpaired) electrons. The molecule has 23 heavy (non-hydrogen) atoms. The molecule has 0 aromatic heterocycles. The van der Waals surface area contributed by atoms with E-state index in [-0.39, 0.29) is 6.04 Å². The smallest absolute Gasteiger partial charge is 0.114 e. The van der Waals surface area contributed by atoms with Crippen LogP contribution in [0.5, 0.6) is 0 Å². The van der Waals surface area contributed by atoms with Crippen LogP contribution >= 0.6 is 15.9 Å². The van der Waals surface area contributed by atoms with E-state index >= 15 is 0 Å². The minimum Gasteiger partial charge on any atom is -0.368 e. The van der Waals surface area contributed by atoms with Gasteiger partial charge in [0.15, 0.2) is 0 Å². The van der Waals surface area contributed by atoms with Crippen molar-refractivity contribution in [3.8, 4) is 11.8 Å². The molecule has 1 nitrogen and oxygen atoms in total. The number of nitrogens with one attached hydrogen (secondary N) is 1. The first-order chi connectivity index (χ1) is 11.3. The van der Waals surface area contributed by atoms with E-state index in [2.05, 4.69) is 57.4 Å². The van der Waals surface area contributed by atoms with Gasteiger partial charge in [0.25, 0.3) is 0 Å². The first-order valence-electron chi connectivity index (χ1n) is 7.45. The highest BCUT2D eigenvalue weighted by Gasteiger charge is 2.08. The van der Waals surface area contributed by atoms with Crippen molar-refractivity contribution in [3.63, 3.8) is 0 Å². The maximum absolute atomic E-state index is 3.50. The second-order valence-electron chi connectivity index (χ2n) is 5.13. The molecule has 0 heterocycles. The maximum atomic E-state index is 3.50. The summed E-state index contributed by atoms with van der Waals surface area (Å²) < 4.78 is 1.07. The summed E-state index contributed by atoms with van der Waals surface area (Å²) >= 11 is 3.48. The average Bonchev–Trinajstić information content (AvgIpc) is 2.61. The molecule has 0 saturated heterocycles. The molecule has 3 aromatic rings. The van der Waals surface area contributed by atoms with Crippen molar-refractivity contribution in [3.05, 3.63) is 101 Å². The van der Waals surface area contributed by atoms with Crippen LogP contribution in [0.2, 0.25) is 0 Å². The van der Waals surface area contributed by atoms with Crippen LogP contribution in [-0.2, 0) is 0 Å². The second kappa shape index (κ2) is 7.67. The standard InChI is InChI=1S/C21H16BrN/c22-19-14-12-18(13-15-19)21(23-20-9-5-2-6-10-20)16-11-17-7-3-1-4-8-17/h1-10,12-15,21,23H/t21-/m1/s1. The fraction of sp³-hybridized carbons (Fsp3) is 0.0476. The van der Waals surface area contributed by atoms with E-state index in [1.54, 1.807) is 0 Å². The molecule has 1 N–H and O–H groups in total. The van der Waals surface area contributed by atoms with E-state index in [9.17, 15) is 0 Å². The molecule has 1 atom stereocenters. The van der Waals surface area contributed by atoms with Gasteiger partial charge in [-0.1, -0.05) is 76.3 Å². The molecule has 2 heteroatoms. The van der Waals surface area contributed by atoms with Crippen molar-refractivity contribution < 1.29 is 0 Å². The highest BCUT2D eigenvalue weighted by molar-refractivity contribution is 9.10. The molecule has 0 bridgehead atoms. The van der Waals surface area contributed by atoms with Gasteiger partial charge in [0, 0.05) is 15.7 Å². The first kappa shape index (κ1) is 15.4. The van der Waals surface area contributed by atoms with Crippen molar-refractivity contribution in [1.82, 2.24) is 0 Å². The normalized spacial score (nSPS) is 11.2. The van der Waals surface area contributed by atoms with Crippen molar-refractivity contribution in [2.24, 2.45) is 0 Å². The van der Waals surface area contributed by atoms with Gasteiger partial charge in [0.2, 0.25) is 0 Å². The molecule has 0 unspecified atom stereocenters. The summed E-state index contributed by atoms with van der Waals surface area (Å²) in [4.78, 5) is 0. The topological polar surface area (TPSA) is 12.0 Å². The fourth-order valence-electron chi connectivity index (χ4n) is 2.24. The van der Waals surface area contributed by atoms with Crippen LogP contribution in [0.25, 0.3) is 0 Å². The lowest BCUT2D eigenvalue weighted by Gasteiger charge is -2.15. The number of rotatable bonds is 3. The van der Waals surface area contributed by atoms with Crippen molar-refractivity contribution in [1.29, 1.82) is 0 Å². The quantitative estimate of drug-likeness (QED) is 0.594. The third-order valence-electron chi connectivity index (χ3n) is 3.42. The summed E-state index contributed by atoms with van der Waals surface area (Å²) in [6.07, 6.45) is 0. The molecule has 0 spiro atoms. The molecule has 0 fully saturated rings. The second-order valence-corrected chi connectivity index (χ2v) is 6.05. The van der Waals surface area contributed by atoms with Gasteiger partial charge in [-0.05, 0) is 42.0 Å². The minimum atomic E-state index is -0.0642. The molecule has 0 aliphatic carbocycles. The Labute approximate surface area is 145 Å². The van der Waals surface area contributed by atoms with Crippen molar-refractivity contribution >= 4 is 21.6 Å². The van der Waals surface area contributed by atoms with Crippen LogP contribution in [0.1, 0.15) is 17.2 Å². The average molecular weight is 362 g/mol. The molecular formula is C21H16BrN. The number of para-hydroxylation sites is 1. The fourth-order valence-corrected chi connectivity index (χ4v) is 2.50. The minimum absolute atomic E-state index is 0.0642. The van der Waals surface area contributed by atoms with Gasteiger partial charge in [-0.25, -0.2) is 0 Å². The number of halogens is 1. The van der Waals surface area contributed by atoms with E-state index < -0.39 is 0 Å². The molecule has 0 aliphatic rings. The van der Waals surface area contributed by atoms with Gasteiger partial charge in [-0.3, -0.25) is 0 Å². The summed E-state index contributed by atoms with van der Waals surface area (Å²) in [5.74, 6) is 6.60. The molecule has 112 valence electrons. The van der Waals surface area contributed by atoms with Gasteiger partial charge in [-0.2, -0.15) is 0 Å². The maximum Gasteiger partial charge on any atom is 0.114 e. The zero-order valence-electron chi connectivity index (χ0n) is 12.5. The molecule has 0 saturated carbocycles. The zero-order chi connectivity index (χ0) is 15.9. The van der Waals surface area contributed by atoms with Crippen molar-refractivity contribution in [2.75, 3.05) is 5.32 Å². The summed E-state index contributed by atoms with van der Waals surface area (Å²) in [5.41, 5.74) is 3.22. The lowest BCUT2D eigenvalue weighted by molar-refractivity contribution is 1.02. The number of hydrogen-bond donors (Lipinski definition) is 1. The Bertz CT molecular complexity index is 799. The van der Waals surface area contributed by atoms with Crippen LogP contribution < -0.4 is 5.32 Å².